The molecule has 0 heterocycles. The second-order valence-corrected chi connectivity index (χ2v) is 10.5. The van der Waals surface area contributed by atoms with Crippen LogP contribution in [0.5, 0.6) is 11.5 Å². The molecule has 4 aromatic carbocycles. The van der Waals surface area contributed by atoms with Crippen LogP contribution in [-0.2, 0) is 6.42 Å². The van der Waals surface area contributed by atoms with E-state index in [-0.39, 0.29) is 0 Å². The third-order valence-electron chi connectivity index (χ3n) is 7.87. The van der Waals surface area contributed by atoms with E-state index in [4.69, 9.17) is 20.9 Å². The van der Waals surface area contributed by atoms with Crippen molar-refractivity contribution in [1.29, 1.82) is 0 Å². The number of hydrogen-bond acceptors (Lipinski definition) is 4. The summed E-state index contributed by atoms with van der Waals surface area (Å²) in [6.07, 6.45) is 4.75. The topological polar surface area (TPSA) is 70.5 Å². The molecule has 4 nitrogen and oxygen atoms in total. The van der Waals surface area contributed by atoms with Gasteiger partial charge in [-0.15, -0.1) is 0 Å². The molecule has 0 saturated heterocycles. The number of benzene rings is 4. The van der Waals surface area contributed by atoms with E-state index in [2.05, 4.69) is 97.1 Å². The van der Waals surface area contributed by atoms with Crippen molar-refractivity contribution in [3.8, 4) is 22.6 Å². The van der Waals surface area contributed by atoms with Gasteiger partial charge in [-0.25, -0.2) is 0 Å². The van der Waals surface area contributed by atoms with E-state index in [1.165, 1.54) is 33.4 Å². The molecule has 0 fully saturated rings. The lowest BCUT2D eigenvalue weighted by Crippen LogP contribution is -2.11. The summed E-state index contributed by atoms with van der Waals surface area (Å²) in [6.45, 7) is 2.72. The van der Waals surface area contributed by atoms with Crippen molar-refractivity contribution < 1.29 is 9.47 Å². The number of rotatable bonds is 14. The molecule has 0 aromatic heterocycles. The number of nitrogens with two attached hydrogens (primary N) is 2. The van der Waals surface area contributed by atoms with Gasteiger partial charge in [0.25, 0.3) is 0 Å². The van der Waals surface area contributed by atoms with Gasteiger partial charge in [-0.2, -0.15) is 0 Å². The number of fused-ring (bicyclic) bond motifs is 3. The highest BCUT2D eigenvalue weighted by Gasteiger charge is 2.20. The summed E-state index contributed by atoms with van der Waals surface area (Å²) in [6, 6.07) is 34.2. The Morgan fingerprint density at radius 2 is 0.974 bits per heavy atom. The van der Waals surface area contributed by atoms with Gasteiger partial charge < -0.3 is 20.9 Å². The SMILES string of the molecule is NCCC(CCOc1ccc2c(c1)Cc1cc(OCCC(CCN)c3ccccc3)ccc1-2)c1ccccc1. The number of hydrogen-bond donors (Lipinski definition) is 2. The summed E-state index contributed by atoms with van der Waals surface area (Å²) >= 11 is 0. The molecule has 202 valence electrons. The molecule has 2 atom stereocenters. The highest BCUT2D eigenvalue weighted by atomic mass is 16.5. The van der Waals surface area contributed by atoms with Crippen molar-refractivity contribution in [2.24, 2.45) is 11.5 Å². The van der Waals surface area contributed by atoms with Gasteiger partial charge >= 0.3 is 0 Å². The molecule has 5 rings (SSSR count). The van der Waals surface area contributed by atoms with Crippen LogP contribution in [0.25, 0.3) is 11.1 Å². The molecule has 0 bridgehead atoms. The van der Waals surface area contributed by atoms with E-state index in [0.29, 0.717) is 38.1 Å². The van der Waals surface area contributed by atoms with Crippen molar-refractivity contribution >= 4 is 0 Å². The van der Waals surface area contributed by atoms with Gasteiger partial charge in [-0.1, -0.05) is 72.8 Å². The Bertz CT molecular complexity index is 1220. The minimum Gasteiger partial charge on any atom is -0.494 e. The summed E-state index contributed by atoms with van der Waals surface area (Å²) in [5.74, 6) is 2.71. The van der Waals surface area contributed by atoms with Crippen LogP contribution in [0.15, 0.2) is 97.1 Å². The fourth-order valence-electron chi connectivity index (χ4n) is 5.79. The van der Waals surface area contributed by atoms with Gasteiger partial charge in [-0.05, 0) is 115 Å². The maximum atomic E-state index is 6.21. The van der Waals surface area contributed by atoms with Crippen LogP contribution >= 0.6 is 0 Å². The van der Waals surface area contributed by atoms with Crippen LogP contribution < -0.4 is 20.9 Å². The largest absolute Gasteiger partial charge is 0.494 e. The summed E-state index contributed by atoms with van der Waals surface area (Å²) in [5.41, 5.74) is 19.7. The highest BCUT2D eigenvalue weighted by molar-refractivity contribution is 5.78. The van der Waals surface area contributed by atoms with E-state index in [1.807, 2.05) is 0 Å². The molecule has 39 heavy (non-hydrogen) atoms. The van der Waals surface area contributed by atoms with E-state index in [1.54, 1.807) is 0 Å². The Balaban J connectivity index is 1.16. The minimum absolute atomic E-state index is 0.423. The molecule has 0 amide bonds. The van der Waals surface area contributed by atoms with Gasteiger partial charge in [-0.3, -0.25) is 0 Å². The van der Waals surface area contributed by atoms with Gasteiger partial charge in [0.15, 0.2) is 0 Å². The average Bonchev–Trinajstić information content (AvgIpc) is 3.34. The molecule has 0 aliphatic heterocycles. The van der Waals surface area contributed by atoms with Crippen LogP contribution in [0.2, 0.25) is 0 Å². The summed E-state index contributed by atoms with van der Waals surface area (Å²) in [5, 5.41) is 0. The summed E-state index contributed by atoms with van der Waals surface area (Å²) < 4.78 is 12.4. The predicted molar refractivity (Wildman–Crippen MR) is 161 cm³/mol. The molecular formula is C35H40N2O2. The van der Waals surface area contributed by atoms with E-state index < -0.39 is 0 Å². The van der Waals surface area contributed by atoms with Crippen molar-refractivity contribution in [3.05, 3.63) is 119 Å². The third-order valence-corrected chi connectivity index (χ3v) is 7.87. The molecule has 4 heteroatoms. The Hall–Kier alpha value is -3.60. The first-order valence-corrected chi connectivity index (χ1v) is 14.3. The van der Waals surface area contributed by atoms with Gasteiger partial charge in [0, 0.05) is 0 Å². The fourth-order valence-corrected chi connectivity index (χ4v) is 5.79. The smallest absolute Gasteiger partial charge is 0.119 e. The molecule has 0 saturated carbocycles. The van der Waals surface area contributed by atoms with Gasteiger partial charge in [0.05, 0.1) is 13.2 Å². The lowest BCUT2D eigenvalue weighted by Gasteiger charge is -2.17. The molecule has 2 unspecified atom stereocenters. The lowest BCUT2D eigenvalue weighted by atomic mass is 9.93. The van der Waals surface area contributed by atoms with Gasteiger partial charge in [0.1, 0.15) is 11.5 Å². The quantitative estimate of drug-likeness (QED) is 0.164. The van der Waals surface area contributed by atoms with Crippen LogP contribution in [0.4, 0.5) is 0 Å². The van der Waals surface area contributed by atoms with Crippen LogP contribution in [-0.4, -0.2) is 26.3 Å². The zero-order valence-electron chi connectivity index (χ0n) is 22.7. The lowest BCUT2D eigenvalue weighted by molar-refractivity contribution is 0.295. The fraction of sp³-hybridized carbons (Fsp3) is 0.314. The Labute approximate surface area is 233 Å². The van der Waals surface area contributed by atoms with Crippen LogP contribution in [0, 0.1) is 0 Å². The summed E-state index contributed by atoms with van der Waals surface area (Å²) in [4.78, 5) is 0. The monoisotopic (exact) mass is 520 g/mol. The van der Waals surface area contributed by atoms with E-state index in [9.17, 15) is 0 Å². The first-order chi connectivity index (χ1) is 19.2. The molecule has 4 aromatic rings. The van der Waals surface area contributed by atoms with E-state index in [0.717, 1.165) is 43.6 Å². The molecule has 1 aliphatic carbocycles. The standard InChI is InChI=1S/C35H40N2O2/c36-19-15-28(26-7-3-1-4-8-26)17-21-38-32-11-13-34-30(24-32)23-31-25-33(12-14-35(31)34)39-22-18-29(16-20-37)27-9-5-2-6-10-27/h1-14,24-25,28-29H,15-23,36-37H2. The van der Waals surface area contributed by atoms with Crippen molar-refractivity contribution in [1.82, 2.24) is 0 Å². The maximum Gasteiger partial charge on any atom is 0.119 e. The zero-order chi connectivity index (χ0) is 26.9. The number of ether oxygens (including phenoxy) is 2. The first kappa shape index (κ1) is 27.0. The van der Waals surface area contributed by atoms with Gasteiger partial charge in [0.2, 0.25) is 0 Å². The van der Waals surface area contributed by atoms with E-state index >= 15 is 0 Å². The molecule has 0 spiro atoms. The molecule has 0 radical (unpaired) electrons. The summed E-state index contributed by atoms with van der Waals surface area (Å²) in [7, 11) is 0. The third kappa shape index (κ3) is 6.89. The van der Waals surface area contributed by atoms with Crippen LogP contribution in [0.3, 0.4) is 0 Å². The van der Waals surface area contributed by atoms with Crippen molar-refractivity contribution in [3.63, 3.8) is 0 Å². The maximum absolute atomic E-state index is 6.21. The Kier molecular flexibility index (Phi) is 9.31. The molecule has 1 aliphatic rings. The average molecular weight is 521 g/mol. The Morgan fingerprint density at radius 3 is 1.38 bits per heavy atom. The van der Waals surface area contributed by atoms with Crippen molar-refractivity contribution in [2.45, 2.75) is 43.9 Å². The first-order valence-electron chi connectivity index (χ1n) is 14.3. The van der Waals surface area contributed by atoms with Crippen molar-refractivity contribution in [2.75, 3.05) is 26.3 Å². The minimum atomic E-state index is 0.423. The zero-order valence-corrected chi connectivity index (χ0v) is 22.7. The second-order valence-electron chi connectivity index (χ2n) is 10.5. The Morgan fingerprint density at radius 1 is 0.538 bits per heavy atom. The second kappa shape index (κ2) is 13.5. The highest BCUT2D eigenvalue weighted by Crippen LogP contribution is 2.40. The predicted octanol–water partition coefficient (Wildman–Crippen LogP) is 7.06. The van der Waals surface area contributed by atoms with Crippen LogP contribution in [0.1, 0.15) is 59.8 Å². The normalized spacial score (nSPS) is 13.4. The molecular weight excluding hydrogens is 480 g/mol. The molecule has 4 N–H and O–H groups in total.